The summed E-state index contributed by atoms with van der Waals surface area (Å²) in [4.78, 5) is 19.6. The zero-order chi connectivity index (χ0) is 19.6. The number of nitrogens with one attached hydrogen (secondary N) is 2. The average Bonchev–Trinajstić information content (AvgIpc) is 2.96. The molecule has 9 heteroatoms. The van der Waals surface area contributed by atoms with Crippen LogP contribution < -0.4 is 21.1 Å². The monoisotopic (exact) mass is 501 g/mol. The number of nitrogens with two attached hydrogens (primary N) is 1. The lowest BCUT2D eigenvalue weighted by Crippen LogP contribution is -2.38. The molecule has 1 heterocycles. The van der Waals surface area contributed by atoms with Crippen molar-refractivity contribution in [3.8, 4) is 5.75 Å². The van der Waals surface area contributed by atoms with E-state index >= 15 is 0 Å². The number of aliphatic imine (C=N–C) groups is 1. The van der Waals surface area contributed by atoms with Crippen LogP contribution in [0.5, 0.6) is 5.75 Å². The van der Waals surface area contributed by atoms with Crippen LogP contribution in [-0.2, 0) is 17.8 Å². The fraction of sp³-hybridized carbons (Fsp3) is 0.421. The Balaban J connectivity index is 0.00000392. The van der Waals surface area contributed by atoms with Crippen molar-refractivity contribution < 1.29 is 13.9 Å². The van der Waals surface area contributed by atoms with Crippen LogP contribution in [0.1, 0.15) is 29.8 Å². The highest BCUT2D eigenvalue weighted by molar-refractivity contribution is 14.0. The van der Waals surface area contributed by atoms with Gasteiger partial charge in [-0.15, -0.1) is 24.0 Å². The summed E-state index contributed by atoms with van der Waals surface area (Å²) in [6.45, 7) is 7.58. The Kier molecular flexibility index (Phi) is 10.4. The van der Waals surface area contributed by atoms with E-state index in [2.05, 4.69) is 20.6 Å². The number of benzene rings is 1. The normalized spacial score (nSPS) is 10.9. The van der Waals surface area contributed by atoms with E-state index in [-0.39, 0.29) is 30.6 Å². The molecule has 2 aromatic rings. The first kappa shape index (κ1) is 23.7. The summed E-state index contributed by atoms with van der Waals surface area (Å²) < 4.78 is 10.8. The van der Waals surface area contributed by atoms with E-state index in [1.807, 2.05) is 45.0 Å². The Labute approximate surface area is 182 Å². The minimum absolute atomic E-state index is 0. The summed E-state index contributed by atoms with van der Waals surface area (Å²) in [5.41, 5.74) is 7.09. The number of aryl methyl sites for hydroxylation is 2. The van der Waals surface area contributed by atoms with Gasteiger partial charge in [0.1, 0.15) is 18.1 Å². The maximum atomic E-state index is 10.7. The Hall–Kier alpha value is -2.30. The van der Waals surface area contributed by atoms with Crippen LogP contribution in [0, 0.1) is 13.8 Å². The molecule has 4 N–H and O–H groups in total. The van der Waals surface area contributed by atoms with Gasteiger partial charge in [0.05, 0.1) is 5.69 Å². The topological polar surface area (TPSA) is 115 Å². The number of rotatable bonds is 9. The van der Waals surface area contributed by atoms with Gasteiger partial charge in [-0.05, 0) is 44.9 Å². The highest BCUT2D eigenvalue weighted by atomic mass is 127. The molecule has 0 spiro atoms. The summed E-state index contributed by atoms with van der Waals surface area (Å²) in [6.07, 6.45) is 0.817. The number of hydrogen-bond acceptors (Lipinski definition) is 5. The molecule has 0 aliphatic rings. The SMILES string of the molecule is CCNC(=NCc1nc(C)c(C)o1)NCCc1ccc(OCC(N)=O)cc1.I. The third-order valence-electron chi connectivity index (χ3n) is 3.80. The largest absolute Gasteiger partial charge is 0.484 e. The van der Waals surface area contributed by atoms with Gasteiger partial charge in [-0.25, -0.2) is 9.98 Å². The molecule has 28 heavy (non-hydrogen) atoms. The molecule has 0 aliphatic heterocycles. The molecule has 1 amide bonds. The molecule has 0 atom stereocenters. The van der Waals surface area contributed by atoms with Gasteiger partial charge in [-0.1, -0.05) is 12.1 Å². The number of oxazole rings is 1. The summed E-state index contributed by atoms with van der Waals surface area (Å²) in [7, 11) is 0. The summed E-state index contributed by atoms with van der Waals surface area (Å²) in [5, 5.41) is 6.50. The van der Waals surface area contributed by atoms with E-state index in [1.54, 1.807) is 0 Å². The number of carbonyl (C=O) groups is 1. The number of primary amides is 1. The van der Waals surface area contributed by atoms with Gasteiger partial charge in [-0.3, -0.25) is 4.79 Å². The third kappa shape index (κ3) is 8.15. The van der Waals surface area contributed by atoms with Crippen LogP contribution >= 0.6 is 24.0 Å². The van der Waals surface area contributed by atoms with Gasteiger partial charge < -0.3 is 25.5 Å². The fourth-order valence-corrected chi connectivity index (χ4v) is 2.33. The molecule has 8 nitrogen and oxygen atoms in total. The van der Waals surface area contributed by atoms with Crippen molar-refractivity contribution in [1.82, 2.24) is 15.6 Å². The number of amides is 1. The smallest absolute Gasteiger partial charge is 0.255 e. The van der Waals surface area contributed by atoms with Gasteiger partial charge in [0.25, 0.3) is 5.91 Å². The second-order valence-corrected chi connectivity index (χ2v) is 6.02. The highest BCUT2D eigenvalue weighted by Crippen LogP contribution is 2.12. The lowest BCUT2D eigenvalue weighted by Gasteiger charge is -2.11. The molecule has 154 valence electrons. The first-order chi connectivity index (χ1) is 13.0. The minimum atomic E-state index is -0.492. The molecule has 0 saturated heterocycles. The second kappa shape index (κ2) is 12.2. The maximum Gasteiger partial charge on any atom is 0.255 e. The predicted molar refractivity (Wildman–Crippen MR) is 119 cm³/mol. The van der Waals surface area contributed by atoms with Crippen molar-refractivity contribution >= 4 is 35.8 Å². The minimum Gasteiger partial charge on any atom is -0.484 e. The third-order valence-corrected chi connectivity index (χ3v) is 3.80. The van der Waals surface area contributed by atoms with Crippen molar-refractivity contribution in [3.63, 3.8) is 0 Å². The first-order valence-corrected chi connectivity index (χ1v) is 8.93. The van der Waals surface area contributed by atoms with E-state index < -0.39 is 5.91 Å². The van der Waals surface area contributed by atoms with Gasteiger partial charge in [0.2, 0.25) is 5.89 Å². The lowest BCUT2D eigenvalue weighted by atomic mass is 10.1. The molecule has 0 bridgehead atoms. The van der Waals surface area contributed by atoms with E-state index in [0.29, 0.717) is 24.1 Å². The van der Waals surface area contributed by atoms with Crippen LogP contribution in [0.15, 0.2) is 33.7 Å². The number of aromatic nitrogens is 1. The summed E-state index contributed by atoms with van der Waals surface area (Å²) in [5.74, 6) is 2.27. The Morgan fingerprint density at radius 2 is 1.96 bits per heavy atom. The molecule has 0 unspecified atom stereocenters. The number of nitrogens with zero attached hydrogens (tertiary/aromatic N) is 2. The Bertz CT molecular complexity index is 755. The standard InChI is InChI=1S/C19H27N5O3.HI/c1-4-21-19(23-11-18-24-13(2)14(3)27-18)22-10-9-15-5-7-16(8-6-15)26-12-17(20)25;/h5-8H,4,9-12H2,1-3H3,(H2,20,25)(H2,21,22,23);1H. The zero-order valence-electron chi connectivity index (χ0n) is 16.4. The van der Waals surface area contributed by atoms with Crippen LogP contribution in [0.2, 0.25) is 0 Å². The van der Waals surface area contributed by atoms with E-state index in [1.165, 1.54) is 0 Å². The van der Waals surface area contributed by atoms with E-state index in [9.17, 15) is 4.79 Å². The number of hydrogen-bond donors (Lipinski definition) is 3. The highest BCUT2D eigenvalue weighted by Gasteiger charge is 2.05. The lowest BCUT2D eigenvalue weighted by molar-refractivity contribution is -0.119. The van der Waals surface area contributed by atoms with Crippen LogP contribution in [0.4, 0.5) is 0 Å². The fourth-order valence-electron chi connectivity index (χ4n) is 2.33. The molecule has 0 saturated carbocycles. The zero-order valence-corrected chi connectivity index (χ0v) is 18.8. The Morgan fingerprint density at radius 3 is 2.54 bits per heavy atom. The predicted octanol–water partition coefficient (Wildman–Crippen LogP) is 2.07. The molecular weight excluding hydrogens is 473 g/mol. The summed E-state index contributed by atoms with van der Waals surface area (Å²) >= 11 is 0. The van der Waals surface area contributed by atoms with Crippen molar-refractivity contribution in [2.24, 2.45) is 10.7 Å². The summed E-state index contributed by atoms with van der Waals surface area (Å²) in [6, 6.07) is 7.57. The average molecular weight is 501 g/mol. The van der Waals surface area contributed by atoms with E-state index in [0.717, 1.165) is 36.5 Å². The van der Waals surface area contributed by atoms with Crippen molar-refractivity contribution in [2.45, 2.75) is 33.7 Å². The van der Waals surface area contributed by atoms with Crippen LogP contribution in [0.25, 0.3) is 0 Å². The molecule has 1 aromatic heterocycles. The molecule has 0 fully saturated rings. The first-order valence-electron chi connectivity index (χ1n) is 8.93. The molecule has 0 radical (unpaired) electrons. The molecular formula is C19H28IN5O3. The molecule has 2 rings (SSSR count). The second-order valence-electron chi connectivity index (χ2n) is 6.02. The molecule has 0 aliphatic carbocycles. The number of halogens is 1. The number of guanidine groups is 1. The van der Waals surface area contributed by atoms with Crippen molar-refractivity contribution in [1.29, 1.82) is 0 Å². The van der Waals surface area contributed by atoms with Crippen molar-refractivity contribution in [2.75, 3.05) is 19.7 Å². The Morgan fingerprint density at radius 1 is 1.25 bits per heavy atom. The number of ether oxygens (including phenoxy) is 1. The quantitative estimate of drug-likeness (QED) is 0.276. The van der Waals surface area contributed by atoms with Crippen LogP contribution in [0.3, 0.4) is 0 Å². The van der Waals surface area contributed by atoms with Crippen LogP contribution in [-0.4, -0.2) is 36.5 Å². The maximum absolute atomic E-state index is 10.7. The van der Waals surface area contributed by atoms with Crippen molar-refractivity contribution in [3.05, 3.63) is 47.2 Å². The van der Waals surface area contributed by atoms with Gasteiger partial charge in [0.15, 0.2) is 12.6 Å². The molecule has 1 aromatic carbocycles. The van der Waals surface area contributed by atoms with Gasteiger partial charge in [0, 0.05) is 13.1 Å². The number of carbonyl (C=O) groups excluding carboxylic acids is 1. The van der Waals surface area contributed by atoms with Gasteiger partial charge >= 0.3 is 0 Å². The van der Waals surface area contributed by atoms with E-state index in [4.69, 9.17) is 14.9 Å². The van der Waals surface area contributed by atoms with Gasteiger partial charge in [-0.2, -0.15) is 0 Å².